The number of hydrogen-bond donors (Lipinski definition) is 0. The average Bonchev–Trinajstić information content (AvgIpc) is 2.40. The molecule has 0 saturated carbocycles. The zero-order valence-electron chi connectivity index (χ0n) is 12.5. The molecular formula is C17H21FOSi. The van der Waals surface area contributed by atoms with Gasteiger partial charge < -0.3 is 4.74 Å². The summed E-state index contributed by atoms with van der Waals surface area (Å²) in [5, 5.41) is 1.42. The zero-order valence-corrected chi connectivity index (χ0v) is 13.5. The van der Waals surface area contributed by atoms with Crippen LogP contribution in [-0.4, -0.2) is 8.07 Å². The first kappa shape index (κ1) is 14.8. The minimum atomic E-state index is -1.26. The van der Waals surface area contributed by atoms with E-state index in [4.69, 9.17) is 4.74 Å². The van der Waals surface area contributed by atoms with Crippen molar-refractivity contribution in [2.45, 2.75) is 33.2 Å². The molecule has 0 radical (unpaired) electrons. The van der Waals surface area contributed by atoms with E-state index in [9.17, 15) is 4.39 Å². The summed E-state index contributed by atoms with van der Waals surface area (Å²) in [6.07, 6.45) is 0. The van der Waals surface area contributed by atoms with E-state index in [0.717, 1.165) is 5.56 Å². The quantitative estimate of drug-likeness (QED) is 0.764. The molecule has 0 saturated heterocycles. The maximum Gasteiger partial charge on any atom is 0.167 e. The molecule has 106 valence electrons. The van der Waals surface area contributed by atoms with Crippen molar-refractivity contribution >= 4 is 13.3 Å². The van der Waals surface area contributed by atoms with Gasteiger partial charge in [0.05, 0.1) is 8.07 Å². The third-order valence-corrected chi connectivity index (χ3v) is 5.44. The highest BCUT2D eigenvalue weighted by Gasteiger charge is 2.15. The molecule has 0 aliphatic heterocycles. The fourth-order valence-electron chi connectivity index (χ4n) is 1.99. The van der Waals surface area contributed by atoms with Gasteiger partial charge in [-0.2, -0.15) is 0 Å². The van der Waals surface area contributed by atoms with Crippen molar-refractivity contribution in [3.05, 3.63) is 59.4 Å². The molecule has 1 nitrogen and oxygen atoms in total. The molecule has 0 aromatic heterocycles. The molecular weight excluding hydrogens is 267 g/mol. The van der Waals surface area contributed by atoms with Crippen LogP contribution >= 0.6 is 0 Å². The van der Waals surface area contributed by atoms with E-state index in [1.54, 1.807) is 19.1 Å². The molecule has 0 bridgehead atoms. The Bertz CT molecular complexity index is 585. The Morgan fingerprint density at radius 1 is 1.00 bits per heavy atom. The number of halogens is 1. The highest BCUT2D eigenvalue weighted by atomic mass is 28.3. The van der Waals surface area contributed by atoms with Crippen LogP contribution in [0.3, 0.4) is 0 Å². The summed E-state index contributed by atoms with van der Waals surface area (Å²) in [6.45, 7) is 9.10. The molecule has 3 heteroatoms. The SMILES string of the molecule is Cc1cccc(OCc2ccc([Si](C)(C)C)cc2)c1F. The monoisotopic (exact) mass is 288 g/mol. The lowest BCUT2D eigenvalue weighted by Crippen LogP contribution is -2.37. The molecule has 2 rings (SSSR count). The van der Waals surface area contributed by atoms with Crippen molar-refractivity contribution in [2.75, 3.05) is 0 Å². The summed E-state index contributed by atoms with van der Waals surface area (Å²) < 4.78 is 19.4. The summed E-state index contributed by atoms with van der Waals surface area (Å²) in [6, 6.07) is 13.7. The highest BCUT2D eigenvalue weighted by molar-refractivity contribution is 6.88. The first-order valence-corrected chi connectivity index (χ1v) is 10.4. The molecule has 0 unspecified atom stereocenters. The molecule has 0 spiro atoms. The number of aryl methyl sites for hydroxylation is 1. The van der Waals surface area contributed by atoms with E-state index in [2.05, 4.69) is 43.9 Å². The zero-order chi connectivity index (χ0) is 14.8. The molecule has 0 heterocycles. The van der Waals surface area contributed by atoms with Crippen molar-refractivity contribution in [1.29, 1.82) is 0 Å². The number of ether oxygens (including phenoxy) is 1. The van der Waals surface area contributed by atoms with Gasteiger partial charge in [0.25, 0.3) is 0 Å². The first-order valence-electron chi connectivity index (χ1n) is 6.85. The fraction of sp³-hybridized carbons (Fsp3) is 0.294. The predicted octanol–water partition coefficient (Wildman–Crippen LogP) is 4.26. The van der Waals surface area contributed by atoms with E-state index < -0.39 is 8.07 Å². The van der Waals surface area contributed by atoms with Gasteiger partial charge in [0, 0.05) is 0 Å². The van der Waals surface area contributed by atoms with Gasteiger partial charge in [0.1, 0.15) is 6.61 Å². The van der Waals surface area contributed by atoms with E-state index >= 15 is 0 Å². The molecule has 20 heavy (non-hydrogen) atoms. The lowest BCUT2D eigenvalue weighted by molar-refractivity contribution is 0.289. The van der Waals surface area contributed by atoms with Crippen molar-refractivity contribution in [3.8, 4) is 5.75 Å². The number of hydrogen-bond acceptors (Lipinski definition) is 1. The molecule has 0 aliphatic carbocycles. The fourth-order valence-corrected chi connectivity index (χ4v) is 3.16. The molecule has 0 N–H and O–H groups in total. The molecule has 2 aromatic rings. The topological polar surface area (TPSA) is 9.23 Å². The Balaban J connectivity index is 2.06. The van der Waals surface area contributed by atoms with E-state index in [1.807, 2.05) is 6.07 Å². The third-order valence-electron chi connectivity index (χ3n) is 3.37. The second-order valence-corrected chi connectivity index (χ2v) is 11.2. The van der Waals surface area contributed by atoms with Crippen molar-refractivity contribution in [2.24, 2.45) is 0 Å². The minimum Gasteiger partial charge on any atom is -0.486 e. The average molecular weight is 288 g/mol. The molecule has 0 amide bonds. The van der Waals surface area contributed by atoms with Gasteiger partial charge in [-0.1, -0.05) is 61.2 Å². The van der Waals surface area contributed by atoms with Crippen LogP contribution in [0, 0.1) is 12.7 Å². The van der Waals surface area contributed by atoms with Gasteiger partial charge >= 0.3 is 0 Å². The lowest BCUT2D eigenvalue weighted by Gasteiger charge is -2.17. The van der Waals surface area contributed by atoms with Crippen LogP contribution in [-0.2, 0) is 6.61 Å². The first-order chi connectivity index (χ1) is 9.38. The van der Waals surface area contributed by atoms with Gasteiger partial charge in [-0.3, -0.25) is 0 Å². The maximum atomic E-state index is 13.8. The molecule has 0 fully saturated rings. The van der Waals surface area contributed by atoms with E-state index in [0.29, 0.717) is 17.9 Å². The van der Waals surface area contributed by atoms with E-state index in [1.165, 1.54) is 5.19 Å². The number of benzene rings is 2. The summed E-state index contributed by atoms with van der Waals surface area (Å²) >= 11 is 0. The van der Waals surface area contributed by atoms with Gasteiger partial charge in [-0.15, -0.1) is 0 Å². The second-order valence-electron chi connectivity index (χ2n) is 6.12. The van der Waals surface area contributed by atoms with Crippen molar-refractivity contribution in [3.63, 3.8) is 0 Å². The Hall–Kier alpha value is -1.61. The van der Waals surface area contributed by atoms with Gasteiger partial charge in [-0.25, -0.2) is 4.39 Å². The van der Waals surface area contributed by atoms with E-state index in [-0.39, 0.29) is 5.82 Å². The van der Waals surface area contributed by atoms with Gasteiger partial charge in [0.2, 0.25) is 0 Å². The Morgan fingerprint density at radius 2 is 1.65 bits per heavy atom. The highest BCUT2D eigenvalue weighted by Crippen LogP contribution is 2.20. The number of rotatable bonds is 4. The standard InChI is InChI=1S/C17H21FOSi/c1-13-6-5-7-16(17(13)18)19-12-14-8-10-15(11-9-14)20(2,3)4/h5-11H,12H2,1-4H3. The Kier molecular flexibility index (Phi) is 4.28. The van der Waals surface area contributed by atoms with Gasteiger partial charge in [-0.05, 0) is 24.1 Å². The van der Waals surface area contributed by atoms with Gasteiger partial charge in [0.15, 0.2) is 11.6 Å². The Labute approximate surface area is 121 Å². The van der Waals surface area contributed by atoms with Crippen LogP contribution in [0.25, 0.3) is 0 Å². The lowest BCUT2D eigenvalue weighted by atomic mass is 10.2. The largest absolute Gasteiger partial charge is 0.486 e. The smallest absolute Gasteiger partial charge is 0.167 e. The van der Waals surface area contributed by atoms with Crippen LogP contribution < -0.4 is 9.92 Å². The van der Waals surface area contributed by atoms with Crippen LogP contribution in [0.2, 0.25) is 19.6 Å². The van der Waals surface area contributed by atoms with Crippen LogP contribution in [0.15, 0.2) is 42.5 Å². The predicted molar refractivity (Wildman–Crippen MR) is 84.9 cm³/mol. The normalized spacial score (nSPS) is 11.4. The molecule has 2 aromatic carbocycles. The maximum absolute atomic E-state index is 13.8. The van der Waals surface area contributed by atoms with Crippen LogP contribution in [0.1, 0.15) is 11.1 Å². The summed E-state index contributed by atoms with van der Waals surface area (Å²) in [4.78, 5) is 0. The minimum absolute atomic E-state index is 0.272. The van der Waals surface area contributed by atoms with Crippen LogP contribution in [0.5, 0.6) is 5.75 Å². The summed E-state index contributed by atoms with van der Waals surface area (Å²) in [5.41, 5.74) is 1.67. The summed E-state index contributed by atoms with van der Waals surface area (Å²) in [7, 11) is -1.26. The summed E-state index contributed by atoms with van der Waals surface area (Å²) in [5.74, 6) is 0.0468. The van der Waals surface area contributed by atoms with Crippen molar-refractivity contribution in [1.82, 2.24) is 0 Å². The molecule has 0 atom stereocenters. The van der Waals surface area contributed by atoms with Crippen molar-refractivity contribution < 1.29 is 9.13 Å². The Morgan fingerprint density at radius 3 is 2.25 bits per heavy atom. The van der Waals surface area contributed by atoms with Crippen LogP contribution in [0.4, 0.5) is 4.39 Å². The second kappa shape index (κ2) is 5.79. The third kappa shape index (κ3) is 3.48. The molecule has 0 aliphatic rings.